The predicted molar refractivity (Wildman–Crippen MR) is 112 cm³/mol. The Kier molecular flexibility index (Phi) is 4.63. The van der Waals surface area contributed by atoms with Crippen molar-refractivity contribution in [3.8, 4) is 0 Å². The smallest absolute Gasteiger partial charge is 0.315 e. The Hall–Kier alpha value is -2.83. The molecular formula is C22H29N5O2. The summed E-state index contributed by atoms with van der Waals surface area (Å²) in [5.74, 6) is 0.613. The molecule has 4 rings (SSSR count). The van der Waals surface area contributed by atoms with E-state index in [1.54, 1.807) is 11.9 Å². The fourth-order valence-electron chi connectivity index (χ4n) is 4.46. The van der Waals surface area contributed by atoms with Crippen molar-refractivity contribution in [2.24, 2.45) is 4.99 Å². The highest BCUT2D eigenvalue weighted by Crippen LogP contribution is 2.38. The zero-order valence-corrected chi connectivity index (χ0v) is 18.1. The van der Waals surface area contributed by atoms with E-state index in [4.69, 9.17) is 4.99 Å². The predicted octanol–water partition coefficient (Wildman–Crippen LogP) is 3.04. The lowest BCUT2D eigenvalue weighted by atomic mass is 10.0. The Labute approximate surface area is 172 Å². The van der Waals surface area contributed by atoms with Gasteiger partial charge in [0.05, 0.1) is 6.54 Å². The zero-order valence-electron chi connectivity index (χ0n) is 18.1. The number of benzene rings is 1. The molecule has 154 valence electrons. The van der Waals surface area contributed by atoms with Crippen molar-refractivity contribution in [3.05, 3.63) is 46.3 Å². The van der Waals surface area contributed by atoms with E-state index in [9.17, 15) is 9.59 Å². The van der Waals surface area contributed by atoms with E-state index in [1.165, 1.54) is 4.90 Å². The molecule has 1 fully saturated rings. The highest BCUT2D eigenvalue weighted by atomic mass is 16.2. The van der Waals surface area contributed by atoms with E-state index in [0.29, 0.717) is 0 Å². The number of fused-ring (bicyclic) bond motifs is 3. The summed E-state index contributed by atoms with van der Waals surface area (Å²) in [6, 6.07) is 5.33. The van der Waals surface area contributed by atoms with Gasteiger partial charge in [0.1, 0.15) is 0 Å². The monoisotopic (exact) mass is 395 g/mol. The van der Waals surface area contributed by atoms with Crippen LogP contribution < -0.4 is 0 Å². The van der Waals surface area contributed by atoms with Crippen LogP contribution in [0.3, 0.4) is 0 Å². The van der Waals surface area contributed by atoms with Crippen molar-refractivity contribution in [1.29, 1.82) is 0 Å². The van der Waals surface area contributed by atoms with E-state index in [-0.39, 0.29) is 18.5 Å². The number of aliphatic imine (C=N–C) groups is 1. The van der Waals surface area contributed by atoms with Gasteiger partial charge in [-0.05, 0) is 45.2 Å². The fourth-order valence-corrected chi connectivity index (χ4v) is 4.46. The molecule has 7 heteroatoms. The fraction of sp³-hybridized carbons (Fsp3) is 0.500. The minimum Gasteiger partial charge on any atom is -0.315 e. The molecule has 0 aromatic heterocycles. The normalized spacial score (nSPS) is 23.9. The second-order valence-corrected chi connectivity index (χ2v) is 8.23. The molecule has 0 radical (unpaired) electrons. The van der Waals surface area contributed by atoms with Crippen LogP contribution in [0.4, 0.5) is 4.79 Å². The van der Waals surface area contributed by atoms with Gasteiger partial charge in [0.25, 0.3) is 5.91 Å². The maximum atomic E-state index is 13.5. The second kappa shape index (κ2) is 6.90. The summed E-state index contributed by atoms with van der Waals surface area (Å²) < 4.78 is 0. The van der Waals surface area contributed by atoms with Gasteiger partial charge in [-0.15, -0.1) is 0 Å². The van der Waals surface area contributed by atoms with Crippen molar-refractivity contribution in [2.75, 3.05) is 13.6 Å². The summed E-state index contributed by atoms with van der Waals surface area (Å²) >= 11 is 0. The van der Waals surface area contributed by atoms with Crippen molar-refractivity contribution in [1.82, 2.24) is 19.6 Å². The number of carbonyl (C=O) groups excluding carboxylic acids is 2. The standard InChI is InChI=1S/C22H29N5O2/c1-7-10-25-15(4)16(5)27-18-19(23-21(25)27)24(6)22(29)26(20(18)28)12-17-11-13(2)8-9-14(17)3/h8-9,11,18-19H,7,10,12H2,1-6H3. The first-order valence-electron chi connectivity index (χ1n) is 10.2. The average molecular weight is 396 g/mol. The summed E-state index contributed by atoms with van der Waals surface area (Å²) in [7, 11) is 1.74. The van der Waals surface area contributed by atoms with Crippen LogP contribution in [0.25, 0.3) is 0 Å². The Bertz CT molecular complexity index is 951. The van der Waals surface area contributed by atoms with Crippen molar-refractivity contribution in [2.45, 2.75) is 59.8 Å². The first-order valence-corrected chi connectivity index (χ1v) is 10.2. The number of hydrogen-bond acceptors (Lipinski definition) is 5. The van der Waals surface area contributed by atoms with Crippen LogP contribution in [-0.4, -0.2) is 63.3 Å². The Morgan fingerprint density at radius 1 is 1.03 bits per heavy atom. The minimum atomic E-state index is -0.505. The summed E-state index contributed by atoms with van der Waals surface area (Å²) in [6.07, 6.45) is 0.496. The van der Waals surface area contributed by atoms with E-state index >= 15 is 0 Å². The Balaban J connectivity index is 1.69. The third-order valence-electron chi connectivity index (χ3n) is 6.28. The van der Waals surface area contributed by atoms with Crippen LogP contribution in [0.5, 0.6) is 0 Å². The number of amides is 3. The molecule has 1 saturated heterocycles. The first kappa shape index (κ1) is 19.5. The van der Waals surface area contributed by atoms with Crippen molar-refractivity contribution in [3.63, 3.8) is 0 Å². The average Bonchev–Trinajstić information content (AvgIpc) is 3.18. The van der Waals surface area contributed by atoms with Crippen LogP contribution in [0.2, 0.25) is 0 Å². The number of nitrogens with zero attached hydrogens (tertiary/aromatic N) is 5. The Morgan fingerprint density at radius 2 is 1.76 bits per heavy atom. The van der Waals surface area contributed by atoms with Crippen molar-refractivity contribution >= 4 is 17.9 Å². The number of urea groups is 1. The lowest BCUT2D eigenvalue weighted by Gasteiger charge is -2.41. The molecule has 0 saturated carbocycles. The Morgan fingerprint density at radius 3 is 2.45 bits per heavy atom. The van der Waals surface area contributed by atoms with E-state index in [2.05, 4.69) is 18.7 Å². The third kappa shape index (κ3) is 2.82. The molecule has 2 atom stereocenters. The summed E-state index contributed by atoms with van der Waals surface area (Å²) in [5.41, 5.74) is 5.34. The van der Waals surface area contributed by atoms with E-state index in [0.717, 1.165) is 47.0 Å². The molecule has 0 N–H and O–H groups in total. The molecule has 3 heterocycles. The molecule has 0 aliphatic carbocycles. The SMILES string of the molecule is CCCN1C2=NC3C(C(=O)N(Cc4cc(C)ccc4C)C(=O)N3C)N2C(C)=C1C. The number of rotatable bonds is 4. The second-order valence-electron chi connectivity index (χ2n) is 8.23. The first-order chi connectivity index (χ1) is 13.8. The zero-order chi connectivity index (χ0) is 21.0. The van der Waals surface area contributed by atoms with Gasteiger partial charge in [0, 0.05) is 25.0 Å². The summed E-state index contributed by atoms with van der Waals surface area (Å²) in [6.45, 7) is 11.4. The van der Waals surface area contributed by atoms with E-state index in [1.807, 2.05) is 43.9 Å². The van der Waals surface area contributed by atoms with Crippen LogP contribution in [0, 0.1) is 13.8 Å². The molecule has 3 aliphatic rings. The number of allylic oxidation sites excluding steroid dienone is 2. The number of carbonyl (C=O) groups is 2. The molecule has 0 spiro atoms. The van der Waals surface area contributed by atoms with Crippen LogP contribution >= 0.6 is 0 Å². The van der Waals surface area contributed by atoms with Crippen LogP contribution in [0.1, 0.15) is 43.9 Å². The van der Waals surface area contributed by atoms with E-state index < -0.39 is 12.2 Å². The highest BCUT2D eigenvalue weighted by Gasteiger charge is 2.55. The van der Waals surface area contributed by atoms with Gasteiger partial charge < -0.3 is 9.80 Å². The van der Waals surface area contributed by atoms with Gasteiger partial charge in [-0.3, -0.25) is 14.6 Å². The molecule has 1 aromatic rings. The third-order valence-corrected chi connectivity index (χ3v) is 6.28. The van der Waals surface area contributed by atoms with Gasteiger partial charge in [0.2, 0.25) is 5.96 Å². The summed E-state index contributed by atoms with van der Waals surface area (Å²) in [5, 5.41) is 0. The minimum absolute atomic E-state index is 0.178. The molecular weight excluding hydrogens is 366 g/mol. The number of imide groups is 1. The van der Waals surface area contributed by atoms with Gasteiger partial charge >= 0.3 is 6.03 Å². The quantitative estimate of drug-likeness (QED) is 0.786. The van der Waals surface area contributed by atoms with Crippen molar-refractivity contribution < 1.29 is 9.59 Å². The maximum absolute atomic E-state index is 13.5. The molecule has 3 aliphatic heterocycles. The number of guanidine groups is 1. The molecule has 29 heavy (non-hydrogen) atoms. The van der Waals surface area contributed by atoms with Gasteiger partial charge in [0.15, 0.2) is 12.2 Å². The summed E-state index contributed by atoms with van der Waals surface area (Å²) in [4.78, 5) is 38.6. The van der Waals surface area contributed by atoms with Gasteiger partial charge in [-0.1, -0.05) is 30.7 Å². The number of likely N-dealkylation sites (N-methyl/N-ethyl adjacent to an activating group) is 1. The lowest BCUT2D eigenvalue weighted by molar-refractivity contribution is -0.137. The van der Waals surface area contributed by atoms with Gasteiger partial charge in [-0.2, -0.15) is 0 Å². The molecule has 2 unspecified atom stereocenters. The molecule has 0 bridgehead atoms. The molecule has 1 aromatic carbocycles. The highest BCUT2D eigenvalue weighted by molar-refractivity contribution is 6.05. The number of aryl methyl sites for hydroxylation is 2. The topological polar surface area (TPSA) is 59.5 Å². The molecule has 7 nitrogen and oxygen atoms in total. The van der Waals surface area contributed by atoms with Crippen LogP contribution in [-0.2, 0) is 11.3 Å². The lowest BCUT2D eigenvalue weighted by Crippen LogP contribution is -2.64. The largest absolute Gasteiger partial charge is 0.328 e. The maximum Gasteiger partial charge on any atom is 0.328 e. The van der Waals surface area contributed by atoms with Gasteiger partial charge in [-0.25, -0.2) is 9.79 Å². The number of hydrogen-bond donors (Lipinski definition) is 0. The van der Waals surface area contributed by atoms with Crippen LogP contribution in [0.15, 0.2) is 34.6 Å². The molecule has 3 amide bonds.